The number of halogens is 2. The fraction of sp³-hybridized carbons (Fsp3) is 0. The fourth-order valence-corrected chi connectivity index (χ4v) is 12.5. The minimum atomic E-state index is -0.816. The predicted molar refractivity (Wildman–Crippen MR) is 266 cm³/mol. The van der Waals surface area contributed by atoms with Gasteiger partial charge in [0.2, 0.25) is 0 Å². The molecule has 304 valence electrons. The minimum Gasteiger partial charge on any atom is -0.464 e. The molecule has 3 aromatic heterocycles. The molecule has 0 unspecified atom stereocenters. The van der Waals surface area contributed by atoms with Crippen molar-refractivity contribution in [3.05, 3.63) is 243 Å². The molecule has 6 aromatic carbocycles. The Bertz CT molecular complexity index is 2030. The van der Waals surface area contributed by atoms with Gasteiger partial charge in [0.05, 0.1) is 25.9 Å². The summed E-state index contributed by atoms with van der Waals surface area (Å²) < 4.78 is 11.0. The molecule has 0 amide bonds. The number of hydrogen-bond donors (Lipinski definition) is 0. The molecule has 59 heavy (non-hydrogen) atoms. The summed E-state index contributed by atoms with van der Waals surface area (Å²) in [6.07, 6.45) is 5.14. The normalized spacial score (nSPS) is 10.2. The molecule has 0 aliphatic rings. The first-order valence-electron chi connectivity index (χ1n) is 18.3. The summed E-state index contributed by atoms with van der Waals surface area (Å²) in [5.74, 6) is 0. The number of rotatable bonds is 9. The molecule has 9 aromatic rings. The zero-order chi connectivity index (χ0) is 41.3. The van der Waals surface area contributed by atoms with Crippen molar-refractivity contribution in [1.29, 1.82) is 0 Å². The van der Waals surface area contributed by atoms with Crippen LogP contribution >= 0.6 is 64.5 Å². The smallest absolute Gasteiger partial charge is 0.139 e. The van der Waals surface area contributed by atoms with E-state index in [2.05, 4.69) is 213 Å². The predicted octanol–water partition coefficient (Wildman–Crippen LogP) is 10.7. The van der Waals surface area contributed by atoms with Gasteiger partial charge in [0, 0.05) is 6.20 Å². The van der Waals surface area contributed by atoms with Crippen molar-refractivity contribution in [2.75, 3.05) is 0 Å². The van der Waals surface area contributed by atoms with Crippen LogP contribution < -0.4 is 48.3 Å². The van der Waals surface area contributed by atoms with Gasteiger partial charge in [0.25, 0.3) is 0 Å². The number of furan rings is 2. The Kier molecular flexibility index (Phi) is 21.9. The number of benzene rings is 6. The third-order valence-corrected chi connectivity index (χ3v) is 15.4. The maximum Gasteiger partial charge on any atom is 0.139 e. The van der Waals surface area contributed by atoms with Crippen LogP contribution in [0.15, 0.2) is 252 Å². The van der Waals surface area contributed by atoms with E-state index >= 15 is 0 Å². The fourth-order valence-electron chi connectivity index (χ4n) is 5.97. The van der Waals surface area contributed by atoms with Gasteiger partial charge in [-0.2, -0.15) is 0 Å². The molecule has 3 heterocycles. The van der Waals surface area contributed by atoms with Gasteiger partial charge in [-0.1, -0.05) is 188 Å². The average Bonchev–Trinajstić information content (AvgIpc) is 4.08. The third-order valence-electron chi connectivity index (χ3n) is 8.42. The van der Waals surface area contributed by atoms with Crippen molar-refractivity contribution in [2.45, 2.75) is 0 Å². The molecule has 0 radical (unpaired) electrons. The van der Waals surface area contributed by atoms with Crippen LogP contribution in [-0.2, 0) is 25.5 Å². The molecule has 0 aliphatic carbocycles. The van der Waals surface area contributed by atoms with E-state index in [1.165, 1.54) is 31.8 Å². The molecule has 0 saturated carbocycles. The standard InChI is InChI=1S/2C18H15P.C13H10NO2P.2Cu.2HI/c2*1-4-10-16(11-5-1)19(17-12-6-2-7-13-17)18-14-8-3-9-15-18;1-2-8-14-11(5-1)17(12-6-3-9-15-12)13-7-4-10-16-13;;;;/h2*1-15H;1-10H;;;2*1H/q;;;2*+1;;/p-2. The molecule has 3 nitrogen and oxygen atoms in total. The summed E-state index contributed by atoms with van der Waals surface area (Å²) in [6.45, 7) is 0. The maximum absolute atomic E-state index is 5.50. The molecular formula is C49H40Cu2I2NO2P3. The third kappa shape index (κ3) is 14.5. The summed E-state index contributed by atoms with van der Waals surface area (Å²) in [6, 6.07) is 78.2. The number of nitrogens with zero attached hydrogens (tertiary/aromatic N) is 1. The van der Waals surface area contributed by atoms with E-state index in [-0.39, 0.29) is 0 Å². The van der Waals surface area contributed by atoms with Gasteiger partial charge >= 0.3 is 66.2 Å². The first-order valence-corrected chi connectivity index (χ1v) is 28.4. The van der Waals surface area contributed by atoms with E-state index in [0.717, 1.165) is 16.4 Å². The van der Waals surface area contributed by atoms with E-state index in [0.29, 0.717) is 0 Å². The van der Waals surface area contributed by atoms with Gasteiger partial charge in [-0.25, -0.2) is 0 Å². The molecule has 0 spiro atoms. The van der Waals surface area contributed by atoms with Crippen LogP contribution in [0.4, 0.5) is 0 Å². The van der Waals surface area contributed by atoms with Gasteiger partial charge in [-0.15, -0.1) is 0 Å². The van der Waals surface area contributed by atoms with Gasteiger partial charge < -0.3 is 8.83 Å². The SMILES string of the molecule is [Cu][I].[Cu][I].c1ccc(P(c2ccccc2)c2ccccc2)cc1.c1ccc(P(c2ccccc2)c2ccccc2)cc1.c1ccc(P(c2ccco2)c2ccco2)nc1. The van der Waals surface area contributed by atoms with Gasteiger partial charge in [-0.3, -0.25) is 4.98 Å². The molecule has 0 atom stereocenters. The van der Waals surface area contributed by atoms with Crippen molar-refractivity contribution in [3.63, 3.8) is 0 Å². The van der Waals surface area contributed by atoms with Crippen LogP contribution in [0.2, 0.25) is 0 Å². The largest absolute Gasteiger partial charge is 0.464 e. The second-order valence-corrected chi connectivity index (χ2v) is 18.6. The van der Waals surface area contributed by atoms with E-state index in [1.807, 2.05) is 42.5 Å². The number of hydrogen-bond acceptors (Lipinski definition) is 3. The Morgan fingerprint density at radius 3 is 0.797 bits per heavy atom. The monoisotopic (exact) mass is 1150 g/mol. The van der Waals surface area contributed by atoms with Crippen molar-refractivity contribution in [1.82, 2.24) is 4.98 Å². The van der Waals surface area contributed by atoms with E-state index < -0.39 is 23.8 Å². The summed E-state index contributed by atoms with van der Waals surface area (Å²) in [7, 11) is -1.71. The van der Waals surface area contributed by atoms with E-state index in [1.54, 1.807) is 59.4 Å². The molecule has 9 rings (SSSR count). The number of aromatic nitrogens is 1. The first kappa shape index (κ1) is 46.9. The van der Waals surface area contributed by atoms with Crippen LogP contribution in [-0.4, -0.2) is 4.98 Å². The molecule has 0 N–H and O–H groups in total. The second kappa shape index (κ2) is 27.6. The summed E-state index contributed by atoms with van der Waals surface area (Å²) in [5.41, 5.74) is 2.77. The zero-order valence-corrected chi connectivity index (χ0v) is 40.4. The van der Waals surface area contributed by atoms with Crippen LogP contribution in [0.3, 0.4) is 0 Å². The summed E-state index contributed by atoms with van der Waals surface area (Å²) in [5, 5.41) is 8.39. The number of pyridine rings is 1. The Morgan fingerprint density at radius 1 is 0.305 bits per heavy atom. The summed E-state index contributed by atoms with van der Waals surface area (Å²) >= 11 is 11.7. The van der Waals surface area contributed by atoms with Crippen LogP contribution in [0.1, 0.15) is 0 Å². The van der Waals surface area contributed by atoms with Crippen molar-refractivity contribution < 1.29 is 34.4 Å². The van der Waals surface area contributed by atoms with Crippen molar-refractivity contribution >= 4 is 113 Å². The zero-order valence-electron chi connectivity index (χ0n) is 31.6. The van der Waals surface area contributed by atoms with Crippen molar-refractivity contribution in [3.8, 4) is 0 Å². The average molecular weight is 1150 g/mol. The van der Waals surface area contributed by atoms with Gasteiger partial charge in [0.15, 0.2) is 0 Å². The molecule has 0 fully saturated rings. The Labute approximate surface area is 391 Å². The Morgan fingerprint density at radius 2 is 0.576 bits per heavy atom. The van der Waals surface area contributed by atoms with Gasteiger partial charge in [0.1, 0.15) is 11.0 Å². The van der Waals surface area contributed by atoms with Crippen LogP contribution in [0.25, 0.3) is 0 Å². The Hall–Kier alpha value is -3.18. The quantitative estimate of drug-likeness (QED) is 0.0821. The van der Waals surface area contributed by atoms with E-state index in [9.17, 15) is 0 Å². The molecule has 0 bridgehead atoms. The van der Waals surface area contributed by atoms with E-state index in [4.69, 9.17) is 8.83 Å². The summed E-state index contributed by atoms with van der Waals surface area (Å²) in [4.78, 5) is 4.40. The maximum atomic E-state index is 5.50. The molecule has 0 aliphatic heterocycles. The van der Waals surface area contributed by atoms with Crippen LogP contribution in [0.5, 0.6) is 0 Å². The molecular weight excluding hydrogens is 1110 g/mol. The molecule has 0 saturated heterocycles. The minimum absolute atomic E-state index is 0.446. The second-order valence-electron chi connectivity index (χ2n) is 12.1. The molecule has 10 heteroatoms. The van der Waals surface area contributed by atoms with Crippen LogP contribution in [0, 0.1) is 0 Å². The Balaban J connectivity index is 0.000000161. The van der Waals surface area contributed by atoms with Gasteiger partial charge in [-0.05, 0) is 84.1 Å². The topological polar surface area (TPSA) is 39.2 Å². The van der Waals surface area contributed by atoms with Crippen molar-refractivity contribution in [2.24, 2.45) is 0 Å². The first-order chi connectivity index (χ1) is 29.3.